The molecule has 0 saturated heterocycles. The van der Waals surface area contributed by atoms with Gasteiger partial charge < -0.3 is 9.47 Å². The highest BCUT2D eigenvalue weighted by Crippen LogP contribution is 2.12. The highest BCUT2D eigenvalue weighted by Gasteiger charge is 2.07. The van der Waals surface area contributed by atoms with Gasteiger partial charge in [-0.15, -0.1) is 0 Å². The van der Waals surface area contributed by atoms with E-state index < -0.39 is 0 Å². The van der Waals surface area contributed by atoms with Crippen molar-refractivity contribution in [3.63, 3.8) is 0 Å². The van der Waals surface area contributed by atoms with E-state index in [1.165, 1.54) is 154 Å². The molecule has 4 nitrogen and oxygen atoms in total. The second kappa shape index (κ2) is 38.6. The summed E-state index contributed by atoms with van der Waals surface area (Å²) in [7, 11) is 0. The maximum atomic E-state index is 11.9. The number of ether oxygens (including phenoxy) is 2. The number of carbonyl (C=O) groups excluding carboxylic acids is 2. The fourth-order valence-corrected chi connectivity index (χ4v) is 5.59. The zero-order valence-corrected chi connectivity index (χ0v) is 30.3. The van der Waals surface area contributed by atoms with E-state index in [0.29, 0.717) is 32.5 Å². The van der Waals surface area contributed by atoms with Crippen LogP contribution in [0, 0.1) is 0 Å². The fourth-order valence-electron chi connectivity index (χ4n) is 5.59. The molecule has 4 heteroatoms. The quantitative estimate of drug-likeness (QED) is 0.0392. The Morgan fingerprint density at radius 1 is 0.356 bits per heavy atom. The molecule has 0 heterocycles. The van der Waals surface area contributed by atoms with Gasteiger partial charge in [-0.05, 0) is 70.6 Å². The summed E-state index contributed by atoms with van der Waals surface area (Å²) < 4.78 is 10.7. The summed E-state index contributed by atoms with van der Waals surface area (Å²) in [6.07, 6.45) is 46.1. The van der Waals surface area contributed by atoms with E-state index >= 15 is 0 Å². The second-order valence-corrected chi connectivity index (χ2v) is 13.2. The SMILES string of the molecule is CCCCCCCCC=CCCCCCCCCOC(=O)CCCC(=O)OCCCCCCCCC=CCCCCCCCC. The summed E-state index contributed by atoms with van der Waals surface area (Å²) in [5.74, 6) is -0.382. The maximum absolute atomic E-state index is 11.9. The normalized spacial score (nSPS) is 11.6. The molecule has 0 aromatic heterocycles. The first kappa shape index (κ1) is 43.4. The molecule has 0 unspecified atom stereocenters. The standard InChI is InChI=1S/C41H76O4/c1-3-5-7-9-11-13-15-17-19-21-23-25-27-29-31-33-38-44-40(42)36-35-37-41(43)45-39-34-32-30-28-26-24-22-20-18-16-14-12-10-8-6-4-2/h17-20H,3-16,21-39H2,1-2H3. The van der Waals surface area contributed by atoms with Crippen molar-refractivity contribution in [2.75, 3.05) is 13.2 Å². The summed E-state index contributed by atoms with van der Waals surface area (Å²) in [5.41, 5.74) is 0. The molecule has 0 saturated carbocycles. The zero-order chi connectivity index (χ0) is 32.7. The molecule has 0 bridgehead atoms. The Morgan fingerprint density at radius 2 is 0.622 bits per heavy atom. The minimum atomic E-state index is -0.191. The zero-order valence-electron chi connectivity index (χ0n) is 30.3. The van der Waals surface area contributed by atoms with Crippen molar-refractivity contribution in [1.82, 2.24) is 0 Å². The lowest BCUT2D eigenvalue weighted by atomic mass is 10.1. The lowest BCUT2D eigenvalue weighted by molar-refractivity contribution is -0.145. The van der Waals surface area contributed by atoms with Crippen LogP contribution in [0.5, 0.6) is 0 Å². The summed E-state index contributed by atoms with van der Waals surface area (Å²) in [4.78, 5) is 23.9. The van der Waals surface area contributed by atoms with Gasteiger partial charge in [0.15, 0.2) is 0 Å². The second-order valence-electron chi connectivity index (χ2n) is 13.2. The highest BCUT2D eigenvalue weighted by atomic mass is 16.5. The summed E-state index contributed by atoms with van der Waals surface area (Å²) >= 11 is 0. The number of rotatable bonds is 36. The number of hydrogen-bond donors (Lipinski definition) is 0. The Hall–Kier alpha value is -1.58. The van der Waals surface area contributed by atoms with Crippen molar-refractivity contribution in [2.24, 2.45) is 0 Å². The number of hydrogen-bond acceptors (Lipinski definition) is 4. The molecule has 0 aliphatic rings. The van der Waals surface area contributed by atoms with Gasteiger partial charge in [0.25, 0.3) is 0 Å². The van der Waals surface area contributed by atoms with Gasteiger partial charge in [-0.2, -0.15) is 0 Å². The largest absolute Gasteiger partial charge is 0.466 e. The first-order chi connectivity index (χ1) is 22.2. The van der Waals surface area contributed by atoms with E-state index in [2.05, 4.69) is 38.2 Å². The average molecular weight is 633 g/mol. The predicted octanol–water partition coefficient (Wildman–Crippen LogP) is 13.3. The van der Waals surface area contributed by atoms with E-state index in [0.717, 1.165) is 25.7 Å². The Balaban J connectivity index is 3.32. The van der Waals surface area contributed by atoms with Gasteiger partial charge in [0, 0.05) is 12.8 Å². The van der Waals surface area contributed by atoms with E-state index in [4.69, 9.17) is 9.47 Å². The summed E-state index contributed by atoms with van der Waals surface area (Å²) in [6, 6.07) is 0. The molecule has 0 spiro atoms. The third kappa shape index (κ3) is 38.5. The number of esters is 2. The summed E-state index contributed by atoms with van der Waals surface area (Å²) in [6.45, 7) is 5.54. The molecule has 0 aliphatic heterocycles. The predicted molar refractivity (Wildman–Crippen MR) is 195 cm³/mol. The minimum absolute atomic E-state index is 0.191. The van der Waals surface area contributed by atoms with Crippen LogP contribution in [0.1, 0.15) is 213 Å². The van der Waals surface area contributed by atoms with Crippen LogP contribution in [0.2, 0.25) is 0 Å². The van der Waals surface area contributed by atoms with Crippen LogP contribution in [-0.2, 0) is 19.1 Å². The van der Waals surface area contributed by atoms with Crippen molar-refractivity contribution in [1.29, 1.82) is 0 Å². The number of unbranched alkanes of at least 4 members (excludes halogenated alkanes) is 24. The molecular formula is C41H76O4. The van der Waals surface area contributed by atoms with Gasteiger partial charge in [-0.25, -0.2) is 0 Å². The van der Waals surface area contributed by atoms with Gasteiger partial charge in [-0.3, -0.25) is 9.59 Å². The molecule has 264 valence electrons. The van der Waals surface area contributed by atoms with Crippen molar-refractivity contribution < 1.29 is 19.1 Å². The topological polar surface area (TPSA) is 52.6 Å². The number of carbonyl (C=O) groups is 2. The maximum Gasteiger partial charge on any atom is 0.305 e. The van der Waals surface area contributed by atoms with Gasteiger partial charge in [-0.1, -0.05) is 154 Å². The molecule has 0 aromatic rings. The summed E-state index contributed by atoms with van der Waals surface area (Å²) in [5, 5.41) is 0. The van der Waals surface area contributed by atoms with Crippen LogP contribution in [0.25, 0.3) is 0 Å². The Kier molecular flexibility index (Phi) is 37.2. The molecule has 0 amide bonds. The first-order valence-electron chi connectivity index (χ1n) is 19.8. The molecular weight excluding hydrogens is 556 g/mol. The average Bonchev–Trinajstić information content (AvgIpc) is 3.04. The smallest absolute Gasteiger partial charge is 0.305 e. The van der Waals surface area contributed by atoms with E-state index in [1.54, 1.807) is 0 Å². The third-order valence-corrected chi connectivity index (χ3v) is 8.60. The molecule has 45 heavy (non-hydrogen) atoms. The van der Waals surface area contributed by atoms with Gasteiger partial charge in [0.1, 0.15) is 0 Å². The molecule has 0 aliphatic carbocycles. The lowest BCUT2D eigenvalue weighted by Crippen LogP contribution is -2.09. The van der Waals surface area contributed by atoms with Crippen LogP contribution in [0.15, 0.2) is 24.3 Å². The van der Waals surface area contributed by atoms with Crippen molar-refractivity contribution in [3.05, 3.63) is 24.3 Å². The highest BCUT2D eigenvalue weighted by molar-refractivity contribution is 5.72. The fraction of sp³-hybridized carbons (Fsp3) is 0.854. The van der Waals surface area contributed by atoms with Crippen LogP contribution in [-0.4, -0.2) is 25.2 Å². The molecule has 0 rings (SSSR count). The van der Waals surface area contributed by atoms with E-state index in [-0.39, 0.29) is 11.9 Å². The van der Waals surface area contributed by atoms with Crippen LogP contribution in [0.3, 0.4) is 0 Å². The van der Waals surface area contributed by atoms with Crippen molar-refractivity contribution in [3.8, 4) is 0 Å². The monoisotopic (exact) mass is 633 g/mol. The van der Waals surface area contributed by atoms with E-state index in [1.807, 2.05) is 0 Å². The van der Waals surface area contributed by atoms with Gasteiger partial charge >= 0.3 is 11.9 Å². The molecule has 0 atom stereocenters. The van der Waals surface area contributed by atoms with Crippen LogP contribution < -0.4 is 0 Å². The molecule has 0 fully saturated rings. The third-order valence-electron chi connectivity index (χ3n) is 8.60. The van der Waals surface area contributed by atoms with Crippen LogP contribution >= 0.6 is 0 Å². The Morgan fingerprint density at radius 3 is 0.933 bits per heavy atom. The number of allylic oxidation sites excluding steroid dienone is 4. The molecule has 0 N–H and O–H groups in total. The van der Waals surface area contributed by atoms with Crippen molar-refractivity contribution in [2.45, 2.75) is 213 Å². The van der Waals surface area contributed by atoms with Gasteiger partial charge in [0.2, 0.25) is 0 Å². The Bertz CT molecular complexity index is 612. The Labute approximate surface area is 281 Å². The molecule has 0 radical (unpaired) electrons. The first-order valence-corrected chi connectivity index (χ1v) is 19.8. The van der Waals surface area contributed by atoms with Gasteiger partial charge in [0.05, 0.1) is 13.2 Å². The minimum Gasteiger partial charge on any atom is -0.466 e. The van der Waals surface area contributed by atoms with Crippen LogP contribution in [0.4, 0.5) is 0 Å². The van der Waals surface area contributed by atoms with Crippen molar-refractivity contribution >= 4 is 11.9 Å². The van der Waals surface area contributed by atoms with E-state index in [9.17, 15) is 9.59 Å². The molecule has 0 aromatic carbocycles. The lowest BCUT2D eigenvalue weighted by Gasteiger charge is -2.06.